The van der Waals surface area contributed by atoms with E-state index < -0.39 is 0 Å². The SMILES string of the molecule is O=[N+]([O-])c1ccccc1-c1cc(Cl)c2oc3ccccc3c2c1. The maximum absolute atomic E-state index is 11.3. The Hall–Kier alpha value is -2.85. The van der Waals surface area contributed by atoms with Crippen LogP contribution in [0.15, 0.2) is 65.1 Å². The highest BCUT2D eigenvalue weighted by molar-refractivity contribution is 6.36. The van der Waals surface area contributed by atoms with E-state index in [4.69, 9.17) is 16.0 Å². The lowest BCUT2D eigenvalue weighted by atomic mass is 10.0. The molecule has 0 saturated heterocycles. The summed E-state index contributed by atoms with van der Waals surface area (Å²) >= 11 is 6.35. The molecule has 4 rings (SSSR count). The van der Waals surface area contributed by atoms with E-state index >= 15 is 0 Å². The van der Waals surface area contributed by atoms with Crippen molar-refractivity contribution in [2.24, 2.45) is 0 Å². The first-order valence-corrected chi connectivity index (χ1v) is 7.37. The van der Waals surface area contributed by atoms with Crippen LogP contribution in [0.2, 0.25) is 5.02 Å². The molecular weight excluding hydrogens is 314 g/mol. The number of fused-ring (bicyclic) bond motifs is 3. The van der Waals surface area contributed by atoms with Crippen molar-refractivity contribution in [3.63, 3.8) is 0 Å². The van der Waals surface area contributed by atoms with Crippen molar-refractivity contribution >= 4 is 39.2 Å². The van der Waals surface area contributed by atoms with Crippen molar-refractivity contribution in [3.05, 3.63) is 75.8 Å². The Kier molecular flexibility index (Phi) is 3.06. The molecular formula is C18H10ClNO3. The number of nitro groups is 1. The number of halogens is 1. The molecule has 1 aromatic heterocycles. The van der Waals surface area contributed by atoms with E-state index in [-0.39, 0.29) is 10.6 Å². The Morgan fingerprint density at radius 1 is 0.957 bits per heavy atom. The van der Waals surface area contributed by atoms with Gasteiger partial charge in [-0.3, -0.25) is 10.1 Å². The largest absolute Gasteiger partial charge is 0.454 e. The van der Waals surface area contributed by atoms with E-state index in [1.807, 2.05) is 30.3 Å². The normalized spacial score (nSPS) is 11.2. The van der Waals surface area contributed by atoms with E-state index in [0.717, 1.165) is 16.4 Å². The average Bonchev–Trinajstić information content (AvgIpc) is 2.94. The topological polar surface area (TPSA) is 56.3 Å². The van der Waals surface area contributed by atoms with Gasteiger partial charge in [-0.05, 0) is 29.8 Å². The van der Waals surface area contributed by atoms with Crippen molar-refractivity contribution < 1.29 is 9.34 Å². The summed E-state index contributed by atoms with van der Waals surface area (Å²) < 4.78 is 5.79. The van der Waals surface area contributed by atoms with Gasteiger partial charge in [-0.15, -0.1) is 0 Å². The fourth-order valence-corrected chi connectivity index (χ4v) is 3.08. The van der Waals surface area contributed by atoms with Crippen LogP contribution in [0.25, 0.3) is 33.1 Å². The maximum Gasteiger partial charge on any atom is 0.277 e. The Bertz CT molecular complexity index is 1070. The van der Waals surface area contributed by atoms with Crippen molar-refractivity contribution in [1.82, 2.24) is 0 Å². The van der Waals surface area contributed by atoms with Gasteiger partial charge in [-0.2, -0.15) is 0 Å². The summed E-state index contributed by atoms with van der Waals surface area (Å²) in [6.07, 6.45) is 0. The van der Waals surface area contributed by atoms with Gasteiger partial charge in [0.25, 0.3) is 5.69 Å². The van der Waals surface area contributed by atoms with Crippen LogP contribution in [0.1, 0.15) is 0 Å². The molecule has 0 aliphatic carbocycles. The molecule has 3 aromatic carbocycles. The Balaban J connectivity index is 2.06. The fraction of sp³-hybridized carbons (Fsp3) is 0. The third-order valence-corrected chi connectivity index (χ3v) is 4.13. The molecule has 1 heterocycles. The summed E-state index contributed by atoms with van der Waals surface area (Å²) in [7, 11) is 0. The highest BCUT2D eigenvalue weighted by Crippen LogP contribution is 2.39. The van der Waals surface area contributed by atoms with Crippen LogP contribution in [-0.2, 0) is 0 Å². The number of benzene rings is 3. The molecule has 0 amide bonds. The average molecular weight is 324 g/mol. The number of nitro benzene ring substituents is 1. The van der Waals surface area contributed by atoms with Gasteiger partial charge < -0.3 is 4.42 Å². The Morgan fingerprint density at radius 3 is 2.52 bits per heavy atom. The maximum atomic E-state index is 11.3. The van der Waals surface area contributed by atoms with Crippen LogP contribution in [0, 0.1) is 10.1 Å². The number of hydrogen-bond acceptors (Lipinski definition) is 3. The lowest BCUT2D eigenvalue weighted by molar-refractivity contribution is -0.384. The predicted octanol–water partition coefficient (Wildman–Crippen LogP) is 5.81. The molecule has 4 nitrogen and oxygen atoms in total. The number of rotatable bonds is 2. The molecule has 0 fully saturated rings. The minimum atomic E-state index is -0.388. The summed E-state index contributed by atoms with van der Waals surface area (Å²) in [4.78, 5) is 10.9. The van der Waals surface area contributed by atoms with E-state index in [1.54, 1.807) is 24.3 Å². The molecule has 0 atom stereocenters. The summed E-state index contributed by atoms with van der Waals surface area (Å²) in [6.45, 7) is 0. The van der Waals surface area contributed by atoms with Gasteiger partial charge in [-0.25, -0.2) is 0 Å². The minimum Gasteiger partial charge on any atom is -0.454 e. The highest BCUT2D eigenvalue weighted by atomic mass is 35.5. The molecule has 112 valence electrons. The summed E-state index contributed by atoms with van der Waals surface area (Å²) in [6, 6.07) is 17.8. The van der Waals surface area contributed by atoms with Crippen LogP contribution in [0.4, 0.5) is 5.69 Å². The molecule has 0 saturated carbocycles. The third-order valence-electron chi connectivity index (χ3n) is 3.84. The second kappa shape index (κ2) is 5.11. The first kappa shape index (κ1) is 13.8. The zero-order chi connectivity index (χ0) is 16.0. The highest BCUT2D eigenvalue weighted by Gasteiger charge is 2.17. The molecule has 4 aromatic rings. The second-order valence-corrected chi connectivity index (χ2v) is 5.61. The summed E-state index contributed by atoms with van der Waals surface area (Å²) in [5.74, 6) is 0. The molecule has 0 spiro atoms. The standard InChI is InChI=1S/C18H10ClNO3/c19-15-10-11(12-5-1-3-7-16(12)20(21)22)9-14-13-6-2-4-8-17(13)23-18(14)15/h1-10H. The number of furan rings is 1. The lowest BCUT2D eigenvalue weighted by Crippen LogP contribution is -1.91. The van der Waals surface area contributed by atoms with Gasteiger partial charge in [0.05, 0.1) is 15.5 Å². The predicted molar refractivity (Wildman–Crippen MR) is 90.8 cm³/mol. The molecule has 0 aliphatic rings. The van der Waals surface area contributed by atoms with Gasteiger partial charge in [-0.1, -0.05) is 41.9 Å². The molecule has 23 heavy (non-hydrogen) atoms. The van der Waals surface area contributed by atoms with Gasteiger partial charge in [0.2, 0.25) is 0 Å². The van der Waals surface area contributed by atoms with Crippen molar-refractivity contribution in [3.8, 4) is 11.1 Å². The van der Waals surface area contributed by atoms with Crippen molar-refractivity contribution in [1.29, 1.82) is 0 Å². The summed E-state index contributed by atoms with van der Waals surface area (Å²) in [5.41, 5.74) is 2.61. The molecule has 0 bridgehead atoms. The number of nitrogens with zero attached hydrogens (tertiary/aromatic N) is 1. The Labute approximate surface area is 136 Å². The van der Waals surface area contributed by atoms with Crippen LogP contribution in [0.3, 0.4) is 0 Å². The van der Waals surface area contributed by atoms with Crippen LogP contribution in [-0.4, -0.2) is 4.92 Å². The quantitative estimate of drug-likeness (QED) is 0.345. The molecule has 0 aliphatic heterocycles. The van der Waals surface area contributed by atoms with E-state index in [2.05, 4.69) is 0 Å². The summed E-state index contributed by atoms with van der Waals surface area (Å²) in [5, 5.41) is 13.5. The van der Waals surface area contributed by atoms with Gasteiger partial charge in [0.1, 0.15) is 5.58 Å². The monoisotopic (exact) mass is 323 g/mol. The number of para-hydroxylation sites is 2. The fourth-order valence-electron chi connectivity index (χ4n) is 2.82. The van der Waals surface area contributed by atoms with Gasteiger partial charge in [0, 0.05) is 16.8 Å². The van der Waals surface area contributed by atoms with E-state index in [0.29, 0.717) is 21.7 Å². The molecule has 0 radical (unpaired) electrons. The number of hydrogen-bond donors (Lipinski definition) is 0. The van der Waals surface area contributed by atoms with E-state index in [1.165, 1.54) is 6.07 Å². The smallest absolute Gasteiger partial charge is 0.277 e. The zero-order valence-electron chi connectivity index (χ0n) is 11.8. The third kappa shape index (κ3) is 2.15. The van der Waals surface area contributed by atoms with E-state index in [9.17, 15) is 10.1 Å². The van der Waals surface area contributed by atoms with Crippen molar-refractivity contribution in [2.45, 2.75) is 0 Å². The molecule has 0 N–H and O–H groups in total. The lowest BCUT2D eigenvalue weighted by Gasteiger charge is -2.04. The van der Waals surface area contributed by atoms with Gasteiger partial charge >= 0.3 is 0 Å². The van der Waals surface area contributed by atoms with Crippen LogP contribution >= 0.6 is 11.6 Å². The molecule has 0 unspecified atom stereocenters. The van der Waals surface area contributed by atoms with Gasteiger partial charge in [0.15, 0.2) is 5.58 Å². The first-order chi connectivity index (χ1) is 11.1. The Morgan fingerprint density at radius 2 is 1.70 bits per heavy atom. The first-order valence-electron chi connectivity index (χ1n) is 7.00. The van der Waals surface area contributed by atoms with Crippen LogP contribution < -0.4 is 0 Å². The van der Waals surface area contributed by atoms with Crippen molar-refractivity contribution in [2.75, 3.05) is 0 Å². The molecule has 5 heteroatoms. The van der Waals surface area contributed by atoms with Crippen LogP contribution in [0.5, 0.6) is 0 Å². The second-order valence-electron chi connectivity index (χ2n) is 5.21. The zero-order valence-corrected chi connectivity index (χ0v) is 12.6. The minimum absolute atomic E-state index is 0.0516.